The summed E-state index contributed by atoms with van der Waals surface area (Å²) in [6.45, 7) is 2.09. The first-order valence-electron chi connectivity index (χ1n) is 9.03. The van der Waals surface area contributed by atoms with E-state index in [9.17, 15) is 5.11 Å². The first-order chi connectivity index (χ1) is 13.2. The molecular weight excluding hydrogens is 330 g/mol. The van der Waals surface area contributed by atoms with E-state index >= 15 is 0 Å². The van der Waals surface area contributed by atoms with Crippen LogP contribution in [0, 0.1) is 6.92 Å². The largest absolute Gasteiger partial charge is 0.506 e. The Balaban J connectivity index is 1.88. The van der Waals surface area contributed by atoms with E-state index in [-0.39, 0.29) is 5.75 Å². The summed E-state index contributed by atoms with van der Waals surface area (Å²) >= 11 is 0. The van der Waals surface area contributed by atoms with E-state index in [4.69, 9.17) is 0 Å². The summed E-state index contributed by atoms with van der Waals surface area (Å²) in [5, 5.41) is 10.4. The molecule has 2 heteroatoms. The maximum absolute atomic E-state index is 10.4. The Kier molecular flexibility index (Phi) is 4.63. The minimum atomic E-state index is 0.270. The molecule has 1 heterocycles. The lowest BCUT2D eigenvalue weighted by atomic mass is 10.1. The van der Waals surface area contributed by atoms with Gasteiger partial charge in [0.1, 0.15) is 5.75 Å². The fourth-order valence-corrected chi connectivity index (χ4v) is 3.33. The second-order valence-electron chi connectivity index (χ2n) is 6.50. The highest BCUT2D eigenvalue weighted by Crippen LogP contribution is 2.33. The van der Waals surface area contributed by atoms with E-state index < -0.39 is 0 Å². The SMILES string of the molecule is Cc1c(/C=C/c2ccccc2)cc(-c2ccccc2)n1-c1ccccc1O. The van der Waals surface area contributed by atoms with Crippen molar-refractivity contribution in [1.82, 2.24) is 4.57 Å². The van der Waals surface area contributed by atoms with Crippen LogP contribution in [0.2, 0.25) is 0 Å². The summed E-state index contributed by atoms with van der Waals surface area (Å²) in [6, 6.07) is 30.2. The van der Waals surface area contributed by atoms with Crippen molar-refractivity contribution in [1.29, 1.82) is 0 Å². The Morgan fingerprint density at radius 1 is 0.741 bits per heavy atom. The minimum absolute atomic E-state index is 0.270. The van der Waals surface area contributed by atoms with Gasteiger partial charge in [-0.25, -0.2) is 0 Å². The third-order valence-corrected chi connectivity index (χ3v) is 4.73. The van der Waals surface area contributed by atoms with Gasteiger partial charge < -0.3 is 9.67 Å². The zero-order valence-corrected chi connectivity index (χ0v) is 15.2. The predicted octanol–water partition coefficient (Wildman–Crippen LogP) is 6.33. The molecule has 0 spiro atoms. The highest BCUT2D eigenvalue weighted by molar-refractivity contribution is 5.77. The molecule has 4 rings (SSSR count). The van der Waals surface area contributed by atoms with Crippen LogP contribution in [0.3, 0.4) is 0 Å². The normalized spacial score (nSPS) is 11.1. The fourth-order valence-electron chi connectivity index (χ4n) is 3.33. The van der Waals surface area contributed by atoms with Crippen molar-refractivity contribution >= 4 is 12.2 Å². The third-order valence-electron chi connectivity index (χ3n) is 4.73. The second-order valence-corrected chi connectivity index (χ2v) is 6.50. The summed E-state index contributed by atoms with van der Waals surface area (Å²) in [4.78, 5) is 0. The number of nitrogens with zero attached hydrogens (tertiary/aromatic N) is 1. The molecule has 1 N–H and O–H groups in total. The van der Waals surface area contributed by atoms with E-state index in [0.29, 0.717) is 0 Å². The van der Waals surface area contributed by atoms with Crippen molar-refractivity contribution in [3.05, 3.63) is 108 Å². The first kappa shape index (κ1) is 16.9. The molecule has 0 fully saturated rings. The van der Waals surface area contributed by atoms with Crippen molar-refractivity contribution in [2.75, 3.05) is 0 Å². The van der Waals surface area contributed by atoms with Gasteiger partial charge >= 0.3 is 0 Å². The van der Waals surface area contributed by atoms with Crippen LogP contribution in [0.25, 0.3) is 29.1 Å². The van der Waals surface area contributed by atoms with Crippen molar-refractivity contribution in [3.8, 4) is 22.7 Å². The number of phenols is 1. The molecular formula is C25H21NO. The summed E-state index contributed by atoms with van der Waals surface area (Å²) in [5.74, 6) is 0.270. The Hall–Kier alpha value is -3.52. The highest BCUT2D eigenvalue weighted by Gasteiger charge is 2.15. The number of aromatic hydroxyl groups is 1. The van der Waals surface area contributed by atoms with Gasteiger partial charge in [-0.05, 0) is 41.8 Å². The van der Waals surface area contributed by atoms with Crippen LogP contribution in [0.4, 0.5) is 0 Å². The van der Waals surface area contributed by atoms with Gasteiger partial charge in [0.05, 0.1) is 11.4 Å². The Morgan fingerprint density at radius 2 is 1.37 bits per heavy atom. The molecule has 0 saturated heterocycles. The van der Waals surface area contributed by atoms with Crippen LogP contribution >= 0.6 is 0 Å². The van der Waals surface area contributed by atoms with Crippen LogP contribution in [0.1, 0.15) is 16.8 Å². The standard InChI is InChI=1S/C25H21NO/c1-19-22(17-16-20-10-4-2-5-11-20)18-24(21-12-6-3-7-13-21)26(19)23-14-8-9-15-25(23)27/h2-18,27H,1H3/b17-16+. The van der Waals surface area contributed by atoms with Gasteiger partial charge in [-0.1, -0.05) is 84.9 Å². The average Bonchev–Trinajstić information content (AvgIpc) is 3.04. The van der Waals surface area contributed by atoms with Crippen LogP contribution in [0.15, 0.2) is 91.0 Å². The molecule has 0 radical (unpaired) electrons. The average molecular weight is 351 g/mol. The first-order valence-corrected chi connectivity index (χ1v) is 9.03. The molecule has 3 aromatic carbocycles. The molecule has 1 aromatic heterocycles. The molecule has 0 aliphatic rings. The third kappa shape index (κ3) is 3.42. The Morgan fingerprint density at radius 3 is 2.07 bits per heavy atom. The summed E-state index contributed by atoms with van der Waals surface area (Å²) in [7, 11) is 0. The van der Waals surface area contributed by atoms with Crippen molar-refractivity contribution < 1.29 is 5.11 Å². The van der Waals surface area contributed by atoms with Gasteiger partial charge in [0.15, 0.2) is 0 Å². The molecule has 4 aromatic rings. The number of rotatable bonds is 4. The maximum Gasteiger partial charge on any atom is 0.139 e. The summed E-state index contributed by atoms with van der Waals surface area (Å²) < 4.78 is 2.12. The van der Waals surface area contributed by atoms with E-state index in [0.717, 1.165) is 33.8 Å². The van der Waals surface area contributed by atoms with Gasteiger partial charge in [0, 0.05) is 5.69 Å². The highest BCUT2D eigenvalue weighted by atomic mass is 16.3. The molecule has 132 valence electrons. The predicted molar refractivity (Wildman–Crippen MR) is 113 cm³/mol. The van der Waals surface area contributed by atoms with Crippen LogP contribution < -0.4 is 0 Å². The summed E-state index contributed by atoms with van der Waals surface area (Å²) in [5.41, 5.74) is 6.33. The number of para-hydroxylation sites is 2. The van der Waals surface area contributed by atoms with Gasteiger partial charge in [-0.3, -0.25) is 0 Å². The van der Waals surface area contributed by atoms with Crippen molar-refractivity contribution in [2.24, 2.45) is 0 Å². The number of phenolic OH excluding ortho intramolecular Hbond substituents is 1. The lowest BCUT2D eigenvalue weighted by molar-refractivity contribution is 0.472. The zero-order valence-electron chi connectivity index (χ0n) is 15.2. The molecule has 0 amide bonds. The fraction of sp³-hybridized carbons (Fsp3) is 0.0400. The van der Waals surface area contributed by atoms with E-state index in [2.05, 4.69) is 54.0 Å². The minimum Gasteiger partial charge on any atom is -0.506 e. The van der Waals surface area contributed by atoms with Gasteiger partial charge in [0.25, 0.3) is 0 Å². The van der Waals surface area contributed by atoms with Gasteiger partial charge in [-0.15, -0.1) is 0 Å². The van der Waals surface area contributed by atoms with Crippen LogP contribution in [-0.2, 0) is 0 Å². The number of hydrogen-bond donors (Lipinski definition) is 1. The smallest absolute Gasteiger partial charge is 0.139 e. The monoisotopic (exact) mass is 351 g/mol. The number of hydrogen-bond acceptors (Lipinski definition) is 1. The van der Waals surface area contributed by atoms with Crippen LogP contribution in [-0.4, -0.2) is 9.67 Å². The number of aromatic nitrogens is 1. The molecule has 2 nitrogen and oxygen atoms in total. The van der Waals surface area contributed by atoms with E-state index in [1.807, 2.05) is 54.6 Å². The quantitative estimate of drug-likeness (QED) is 0.457. The molecule has 0 unspecified atom stereocenters. The zero-order chi connectivity index (χ0) is 18.6. The van der Waals surface area contributed by atoms with Crippen molar-refractivity contribution in [3.63, 3.8) is 0 Å². The van der Waals surface area contributed by atoms with Gasteiger partial charge in [0.2, 0.25) is 0 Å². The summed E-state index contributed by atoms with van der Waals surface area (Å²) in [6.07, 6.45) is 4.25. The molecule has 0 aliphatic carbocycles. The van der Waals surface area contributed by atoms with Crippen LogP contribution in [0.5, 0.6) is 5.75 Å². The molecule has 27 heavy (non-hydrogen) atoms. The van der Waals surface area contributed by atoms with Gasteiger partial charge in [-0.2, -0.15) is 0 Å². The molecule has 0 atom stereocenters. The molecule has 0 bridgehead atoms. The molecule has 0 saturated carbocycles. The Bertz CT molecular complexity index is 1080. The topological polar surface area (TPSA) is 25.2 Å². The lowest BCUT2D eigenvalue weighted by Crippen LogP contribution is -1.99. The maximum atomic E-state index is 10.4. The Labute approximate surface area is 159 Å². The second kappa shape index (κ2) is 7.38. The van der Waals surface area contributed by atoms with E-state index in [1.54, 1.807) is 6.07 Å². The molecule has 0 aliphatic heterocycles. The van der Waals surface area contributed by atoms with Crippen molar-refractivity contribution in [2.45, 2.75) is 6.92 Å². The number of benzene rings is 3. The van der Waals surface area contributed by atoms with E-state index in [1.165, 1.54) is 0 Å². The lowest BCUT2D eigenvalue weighted by Gasteiger charge is -2.13.